The number of rotatable bonds is 5. The number of aromatic nitrogens is 2. The number of phenolic OH excluding ortho intramolecular Hbond substituents is 1. The highest BCUT2D eigenvalue weighted by Gasteiger charge is 2.35. The maximum atomic E-state index is 14.3. The second-order valence-electron chi connectivity index (χ2n) is 10.2. The normalized spacial score (nSPS) is 14.6. The number of thiazole rings is 1. The first-order valence-corrected chi connectivity index (χ1v) is 13.3. The highest BCUT2D eigenvalue weighted by molar-refractivity contribution is 7.13. The maximum Gasteiger partial charge on any atom is 0.265 e. The van der Waals surface area contributed by atoms with Gasteiger partial charge in [-0.05, 0) is 54.0 Å². The molecule has 36 heavy (non-hydrogen) atoms. The number of hydrogen-bond donors (Lipinski definition) is 1. The van der Waals surface area contributed by atoms with E-state index >= 15 is 0 Å². The zero-order valence-electron chi connectivity index (χ0n) is 21.1. The average molecular weight is 499 g/mol. The molecule has 0 saturated heterocycles. The predicted molar refractivity (Wildman–Crippen MR) is 145 cm³/mol. The average Bonchev–Trinajstić information content (AvgIpc) is 3.33. The van der Waals surface area contributed by atoms with E-state index in [-0.39, 0.29) is 22.5 Å². The molecular weight excluding hydrogens is 468 g/mol. The molecule has 2 aromatic carbocycles. The Morgan fingerprint density at radius 3 is 2.33 bits per heavy atom. The van der Waals surface area contributed by atoms with Crippen LogP contribution >= 0.6 is 11.3 Å². The van der Waals surface area contributed by atoms with Gasteiger partial charge in [-0.2, -0.15) is 0 Å². The number of para-hydroxylation sites is 1. The standard InChI is InChI=1S/C30H30N2O3S/c1-5-18-9-7-10-19(6-2)27(18)32-25-15-30(3,4)16-26(34)22(25)14-23(29(32)35)28-31-24(17-36-28)20-11-8-12-21(33)13-20/h7-14,17,33H,5-6,15-16H2,1-4H3. The largest absolute Gasteiger partial charge is 0.508 e. The summed E-state index contributed by atoms with van der Waals surface area (Å²) in [5, 5.41) is 12.3. The molecule has 184 valence electrons. The number of pyridine rings is 1. The number of carbonyl (C=O) groups is 1. The van der Waals surface area contributed by atoms with Crippen LogP contribution in [-0.4, -0.2) is 20.4 Å². The Labute approximate surface area is 215 Å². The van der Waals surface area contributed by atoms with Gasteiger partial charge < -0.3 is 5.11 Å². The lowest BCUT2D eigenvalue weighted by molar-refractivity contribution is 0.0909. The molecule has 5 rings (SSSR count). The fraction of sp³-hybridized carbons (Fsp3) is 0.300. The van der Waals surface area contributed by atoms with Gasteiger partial charge in [-0.3, -0.25) is 14.2 Å². The highest BCUT2D eigenvalue weighted by atomic mass is 32.1. The number of Topliss-reactive ketones (excluding diaryl/α,β-unsaturated/α-hetero) is 1. The van der Waals surface area contributed by atoms with Crippen LogP contribution < -0.4 is 5.56 Å². The van der Waals surface area contributed by atoms with E-state index in [0.29, 0.717) is 34.7 Å². The third kappa shape index (κ3) is 4.20. The van der Waals surface area contributed by atoms with E-state index in [0.717, 1.165) is 40.9 Å². The van der Waals surface area contributed by atoms with Crippen molar-refractivity contribution in [3.8, 4) is 33.3 Å². The Morgan fingerprint density at radius 2 is 1.67 bits per heavy atom. The summed E-state index contributed by atoms with van der Waals surface area (Å²) >= 11 is 1.38. The molecule has 1 N–H and O–H groups in total. The molecule has 1 aliphatic rings. The topological polar surface area (TPSA) is 72.2 Å². The third-order valence-electron chi connectivity index (χ3n) is 6.95. The molecule has 5 nitrogen and oxygen atoms in total. The summed E-state index contributed by atoms with van der Waals surface area (Å²) in [7, 11) is 0. The molecule has 2 aromatic heterocycles. The Hall–Kier alpha value is -3.51. The molecule has 0 spiro atoms. The molecule has 0 aliphatic heterocycles. The Morgan fingerprint density at radius 1 is 0.972 bits per heavy atom. The van der Waals surface area contributed by atoms with Crippen LogP contribution in [0.4, 0.5) is 0 Å². The first-order valence-electron chi connectivity index (χ1n) is 12.4. The van der Waals surface area contributed by atoms with E-state index in [2.05, 4.69) is 39.8 Å². The fourth-order valence-corrected chi connectivity index (χ4v) is 6.04. The summed E-state index contributed by atoms with van der Waals surface area (Å²) < 4.78 is 1.82. The molecular formula is C30H30N2O3S. The molecule has 2 heterocycles. The van der Waals surface area contributed by atoms with Gasteiger partial charge in [-0.1, -0.05) is 58.0 Å². The van der Waals surface area contributed by atoms with Gasteiger partial charge in [0.1, 0.15) is 10.8 Å². The number of benzene rings is 2. The number of aryl methyl sites for hydroxylation is 2. The minimum absolute atomic E-state index is 0.0630. The summed E-state index contributed by atoms with van der Waals surface area (Å²) in [4.78, 5) is 32.4. The lowest BCUT2D eigenvalue weighted by Crippen LogP contribution is -2.35. The van der Waals surface area contributed by atoms with Gasteiger partial charge in [0, 0.05) is 28.6 Å². The number of phenols is 1. The van der Waals surface area contributed by atoms with Crippen molar-refractivity contribution in [3.05, 3.63) is 86.6 Å². The van der Waals surface area contributed by atoms with Crippen LogP contribution in [0.2, 0.25) is 0 Å². The van der Waals surface area contributed by atoms with Crippen molar-refractivity contribution in [3.63, 3.8) is 0 Å². The monoisotopic (exact) mass is 498 g/mol. The van der Waals surface area contributed by atoms with E-state index in [1.54, 1.807) is 24.3 Å². The lowest BCUT2D eigenvalue weighted by atomic mass is 9.75. The fourth-order valence-electron chi connectivity index (χ4n) is 5.20. The molecule has 6 heteroatoms. The minimum Gasteiger partial charge on any atom is -0.508 e. The summed E-state index contributed by atoms with van der Waals surface area (Å²) in [6.45, 7) is 8.37. The second kappa shape index (κ2) is 9.17. The van der Waals surface area contributed by atoms with Crippen LogP contribution in [-0.2, 0) is 19.3 Å². The van der Waals surface area contributed by atoms with Gasteiger partial charge in [-0.15, -0.1) is 11.3 Å². The van der Waals surface area contributed by atoms with E-state index in [4.69, 9.17) is 4.98 Å². The highest BCUT2D eigenvalue weighted by Crippen LogP contribution is 2.38. The number of fused-ring (bicyclic) bond motifs is 1. The second-order valence-corrected chi connectivity index (χ2v) is 11.1. The van der Waals surface area contributed by atoms with Crippen molar-refractivity contribution in [2.24, 2.45) is 5.41 Å². The molecule has 0 unspecified atom stereocenters. The summed E-state index contributed by atoms with van der Waals surface area (Å²) in [5.74, 6) is 0.225. The lowest BCUT2D eigenvalue weighted by Gasteiger charge is -2.33. The van der Waals surface area contributed by atoms with Gasteiger partial charge in [0.25, 0.3) is 5.56 Å². The number of hydrogen-bond acceptors (Lipinski definition) is 5. The van der Waals surface area contributed by atoms with Gasteiger partial charge >= 0.3 is 0 Å². The van der Waals surface area contributed by atoms with Crippen LogP contribution in [0.25, 0.3) is 27.5 Å². The predicted octanol–water partition coefficient (Wildman–Crippen LogP) is 6.61. The van der Waals surface area contributed by atoms with Gasteiger partial charge in [0.2, 0.25) is 0 Å². The van der Waals surface area contributed by atoms with Crippen molar-refractivity contribution in [1.29, 1.82) is 0 Å². The summed E-state index contributed by atoms with van der Waals surface area (Å²) in [6, 6.07) is 14.8. The summed E-state index contributed by atoms with van der Waals surface area (Å²) in [5.41, 5.74) is 6.02. The van der Waals surface area contributed by atoms with Gasteiger partial charge in [-0.25, -0.2) is 4.98 Å². The number of aromatic hydroxyl groups is 1. The molecule has 4 aromatic rings. The van der Waals surface area contributed by atoms with Crippen LogP contribution in [0.5, 0.6) is 5.75 Å². The number of nitrogens with zero attached hydrogens (tertiary/aromatic N) is 2. The molecule has 0 amide bonds. The first-order chi connectivity index (χ1) is 17.2. The molecule has 0 bridgehead atoms. The number of ketones is 1. The molecule has 0 saturated carbocycles. The zero-order chi connectivity index (χ0) is 25.6. The smallest absolute Gasteiger partial charge is 0.265 e. The molecule has 1 aliphatic carbocycles. The van der Waals surface area contributed by atoms with E-state index < -0.39 is 0 Å². The minimum atomic E-state index is -0.225. The third-order valence-corrected chi connectivity index (χ3v) is 7.83. The van der Waals surface area contributed by atoms with Crippen LogP contribution in [0.15, 0.2) is 58.7 Å². The first kappa shape index (κ1) is 24.2. The van der Waals surface area contributed by atoms with Crippen LogP contribution in [0.3, 0.4) is 0 Å². The zero-order valence-corrected chi connectivity index (χ0v) is 21.9. The van der Waals surface area contributed by atoms with Crippen LogP contribution in [0.1, 0.15) is 61.3 Å². The van der Waals surface area contributed by atoms with Crippen molar-refractivity contribution in [1.82, 2.24) is 9.55 Å². The van der Waals surface area contributed by atoms with Crippen LogP contribution in [0, 0.1) is 5.41 Å². The molecule has 0 fully saturated rings. The molecule has 0 radical (unpaired) electrons. The summed E-state index contributed by atoms with van der Waals surface area (Å²) in [6.07, 6.45) is 2.66. The van der Waals surface area contributed by atoms with E-state index in [1.807, 2.05) is 22.1 Å². The van der Waals surface area contributed by atoms with Gasteiger partial charge in [0.05, 0.1) is 16.9 Å². The van der Waals surface area contributed by atoms with E-state index in [9.17, 15) is 14.7 Å². The quantitative estimate of drug-likeness (QED) is 0.336. The Balaban J connectivity index is 1.80. The maximum absolute atomic E-state index is 14.3. The Kier molecular flexibility index (Phi) is 6.17. The van der Waals surface area contributed by atoms with Crippen molar-refractivity contribution < 1.29 is 9.90 Å². The number of carbonyl (C=O) groups excluding carboxylic acids is 1. The van der Waals surface area contributed by atoms with E-state index in [1.165, 1.54) is 11.3 Å². The van der Waals surface area contributed by atoms with Crippen molar-refractivity contribution in [2.75, 3.05) is 0 Å². The Bertz CT molecular complexity index is 1520. The SMILES string of the molecule is CCc1cccc(CC)c1-n1c2c(cc(-c3nc(-c4cccc(O)c4)cs3)c1=O)C(=O)CC(C)(C)C2. The van der Waals surface area contributed by atoms with Gasteiger partial charge in [0.15, 0.2) is 5.78 Å². The van der Waals surface area contributed by atoms with Crippen molar-refractivity contribution in [2.45, 2.75) is 53.4 Å². The molecule has 0 atom stereocenters. The van der Waals surface area contributed by atoms with Crippen molar-refractivity contribution >= 4 is 17.1 Å².